The lowest BCUT2D eigenvalue weighted by molar-refractivity contribution is -0.0163. The molecule has 0 fully saturated rings. The van der Waals surface area contributed by atoms with E-state index in [0.717, 1.165) is 12.2 Å². The van der Waals surface area contributed by atoms with Crippen LogP contribution >= 0.6 is 0 Å². The second-order valence-electron chi connectivity index (χ2n) is 4.40. The fraction of sp³-hybridized carbons (Fsp3) is 0.538. The number of nitrogens with two attached hydrogens (primary N) is 2. The molecule has 1 aromatic rings. The topological polar surface area (TPSA) is 70.5 Å². The predicted molar refractivity (Wildman–Crippen MR) is 67.2 cm³/mol. The van der Waals surface area contributed by atoms with Crippen molar-refractivity contribution in [1.29, 1.82) is 0 Å². The van der Waals surface area contributed by atoms with Gasteiger partial charge in [-0.05, 0) is 24.1 Å². The number of hydrogen-bond donors (Lipinski definition) is 2. The largest absolute Gasteiger partial charge is 0.496 e. The van der Waals surface area contributed by atoms with Crippen LogP contribution in [0, 0.1) is 6.92 Å². The summed E-state index contributed by atoms with van der Waals surface area (Å²) in [5.41, 5.74) is 15.1. The van der Waals surface area contributed by atoms with Crippen LogP contribution in [-0.4, -0.2) is 26.3 Å². The third-order valence-electron chi connectivity index (χ3n) is 3.34. The first-order valence-corrected chi connectivity index (χ1v) is 5.93. The molecule has 94 valence electrons. The summed E-state index contributed by atoms with van der Waals surface area (Å²) in [5.74, 6) is 0.908. The molecule has 0 aliphatic carbocycles. The van der Waals surface area contributed by atoms with Crippen LogP contribution in [0.25, 0.3) is 0 Å². The minimum absolute atomic E-state index is 0.0340. The van der Waals surface area contributed by atoms with Crippen LogP contribution < -0.4 is 16.2 Å². The maximum Gasteiger partial charge on any atom is 0.122 e. The highest BCUT2D eigenvalue weighted by Gasteiger charge is 2.29. The maximum atomic E-state index is 5.89. The third kappa shape index (κ3) is 2.16. The average molecular weight is 236 g/mol. The molecular weight excluding hydrogens is 216 g/mol. The molecule has 4 nitrogen and oxygen atoms in total. The Labute approximate surface area is 102 Å². The summed E-state index contributed by atoms with van der Waals surface area (Å²) in [6.07, 6.45) is 0.766. The second kappa shape index (κ2) is 5.04. The average Bonchev–Trinajstić information content (AvgIpc) is 2.37. The number of fused-ring (bicyclic) bond motifs is 1. The van der Waals surface area contributed by atoms with Gasteiger partial charge >= 0.3 is 0 Å². The Morgan fingerprint density at radius 3 is 2.71 bits per heavy atom. The number of ether oxygens (including phenoxy) is 2. The molecule has 0 spiro atoms. The lowest BCUT2D eigenvalue weighted by Crippen LogP contribution is -2.35. The summed E-state index contributed by atoms with van der Waals surface area (Å²) < 4.78 is 11.3. The van der Waals surface area contributed by atoms with Gasteiger partial charge in [0.05, 0.1) is 19.3 Å². The highest BCUT2D eigenvalue weighted by molar-refractivity contribution is 5.47. The van der Waals surface area contributed by atoms with E-state index >= 15 is 0 Å². The molecule has 0 bridgehead atoms. The van der Waals surface area contributed by atoms with Gasteiger partial charge in [0.1, 0.15) is 5.75 Å². The number of rotatable bonds is 3. The molecule has 2 atom stereocenters. The van der Waals surface area contributed by atoms with Crippen LogP contribution in [0.1, 0.15) is 22.8 Å². The first kappa shape index (κ1) is 12.4. The fourth-order valence-corrected chi connectivity index (χ4v) is 2.50. The van der Waals surface area contributed by atoms with Crippen LogP contribution in [0.3, 0.4) is 0 Å². The molecule has 0 amide bonds. The second-order valence-corrected chi connectivity index (χ2v) is 4.40. The van der Waals surface area contributed by atoms with Crippen molar-refractivity contribution in [1.82, 2.24) is 0 Å². The third-order valence-corrected chi connectivity index (χ3v) is 3.34. The number of methoxy groups -OCH3 is 1. The molecule has 4 N–H and O–H groups in total. The van der Waals surface area contributed by atoms with Gasteiger partial charge in [-0.1, -0.05) is 6.07 Å². The maximum absolute atomic E-state index is 5.89. The Kier molecular flexibility index (Phi) is 3.66. The van der Waals surface area contributed by atoms with Gasteiger partial charge < -0.3 is 20.9 Å². The van der Waals surface area contributed by atoms with E-state index in [1.807, 2.05) is 12.1 Å². The van der Waals surface area contributed by atoms with Gasteiger partial charge in [0.25, 0.3) is 0 Å². The zero-order valence-electron chi connectivity index (χ0n) is 10.4. The standard InChI is InChI=1S/C13H20N2O2/c1-8-3-4-11(16-2)10-5-9(6-14)17-12(7-15)13(8)10/h3-4,9,12H,5-7,14-15H2,1-2H3/t9-,12-/m0/s1. The molecule has 0 saturated carbocycles. The molecule has 4 heteroatoms. The van der Waals surface area contributed by atoms with E-state index in [1.165, 1.54) is 16.7 Å². The van der Waals surface area contributed by atoms with Crippen molar-refractivity contribution in [2.75, 3.05) is 20.2 Å². The number of benzene rings is 1. The number of hydrogen-bond acceptors (Lipinski definition) is 4. The highest BCUT2D eigenvalue weighted by Crippen LogP contribution is 2.37. The molecule has 0 aromatic heterocycles. The summed E-state index contributed by atoms with van der Waals surface area (Å²) in [6.45, 7) is 3.05. The van der Waals surface area contributed by atoms with E-state index in [2.05, 4.69) is 6.92 Å². The molecule has 1 heterocycles. The fourth-order valence-electron chi connectivity index (χ4n) is 2.50. The van der Waals surface area contributed by atoms with Crippen molar-refractivity contribution in [2.24, 2.45) is 11.5 Å². The van der Waals surface area contributed by atoms with E-state index in [9.17, 15) is 0 Å². The van der Waals surface area contributed by atoms with E-state index in [1.54, 1.807) is 7.11 Å². The van der Waals surface area contributed by atoms with Gasteiger partial charge in [0, 0.05) is 25.1 Å². The van der Waals surface area contributed by atoms with Crippen LogP contribution in [-0.2, 0) is 11.2 Å². The molecule has 17 heavy (non-hydrogen) atoms. The van der Waals surface area contributed by atoms with Crippen molar-refractivity contribution in [3.63, 3.8) is 0 Å². The van der Waals surface area contributed by atoms with Gasteiger partial charge in [0.15, 0.2) is 0 Å². The van der Waals surface area contributed by atoms with E-state index in [4.69, 9.17) is 20.9 Å². The predicted octanol–water partition coefficient (Wildman–Crippen LogP) is 0.903. The molecule has 0 radical (unpaired) electrons. The zero-order chi connectivity index (χ0) is 12.4. The SMILES string of the molecule is COc1ccc(C)c2c1C[C@@H](CN)O[C@H]2CN. The Hall–Kier alpha value is -1.10. The summed E-state index contributed by atoms with van der Waals surface area (Å²) in [5, 5.41) is 0. The van der Waals surface area contributed by atoms with E-state index in [-0.39, 0.29) is 12.2 Å². The van der Waals surface area contributed by atoms with Gasteiger partial charge in [-0.25, -0.2) is 0 Å². The molecule has 1 aromatic carbocycles. The minimum Gasteiger partial charge on any atom is -0.496 e. The van der Waals surface area contributed by atoms with Gasteiger partial charge in [-0.15, -0.1) is 0 Å². The van der Waals surface area contributed by atoms with Crippen molar-refractivity contribution in [2.45, 2.75) is 25.6 Å². The van der Waals surface area contributed by atoms with E-state index in [0.29, 0.717) is 13.1 Å². The monoisotopic (exact) mass is 236 g/mol. The molecule has 1 aliphatic rings. The van der Waals surface area contributed by atoms with Crippen LogP contribution in [0.4, 0.5) is 0 Å². The van der Waals surface area contributed by atoms with Crippen molar-refractivity contribution in [3.8, 4) is 5.75 Å². The zero-order valence-corrected chi connectivity index (χ0v) is 10.4. The van der Waals surface area contributed by atoms with E-state index < -0.39 is 0 Å². The molecule has 1 aliphatic heterocycles. The Morgan fingerprint density at radius 1 is 1.35 bits per heavy atom. The van der Waals surface area contributed by atoms with Crippen molar-refractivity contribution in [3.05, 3.63) is 28.8 Å². The summed E-state index contributed by atoms with van der Waals surface area (Å²) in [4.78, 5) is 0. The Balaban J connectivity index is 2.50. The Morgan fingerprint density at radius 2 is 2.12 bits per heavy atom. The summed E-state index contributed by atoms with van der Waals surface area (Å²) in [7, 11) is 1.69. The van der Waals surface area contributed by atoms with Crippen molar-refractivity contribution >= 4 is 0 Å². The first-order valence-electron chi connectivity index (χ1n) is 5.93. The first-order chi connectivity index (χ1) is 8.21. The molecule has 2 rings (SSSR count). The quantitative estimate of drug-likeness (QED) is 0.818. The lowest BCUT2D eigenvalue weighted by Gasteiger charge is -2.33. The molecule has 0 saturated heterocycles. The van der Waals surface area contributed by atoms with Crippen LogP contribution in [0.5, 0.6) is 5.75 Å². The lowest BCUT2D eigenvalue weighted by atomic mass is 9.89. The highest BCUT2D eigenvalue weighted by atomic mass is 16.5. The molecule has 0 unspecified atom stereocenters. The summed E-state index contributed by atoms with van der Waals surface area (Å²) >= 11 is 0. The van der Waals surface area contributed by atoms with Gasteiger partial charge in [-0.3, -0.25) is 0 Å². The van der Waals surface area contributed by atoms with Crippen LogP contribution in [0.2, 0.25) is 0 Å². The minimum atomic E-state index is -0.0672. The normalized spacial score (nSPS) is 23.3. The number of aryl methyl sites for hydroxylation is 1. The smallest absolute Gasteiger partial charge is 0.122 e. The van der Waals surface area contributed by atoms with Gasteiger partial charge in [-0.2, -0.15) is 0 Å². The molecular formula is C13H20N2O2. The van der Waals surface area contributed by atoms with Crippen LogP contribution in [0.15, 0.2) is 12.1 Å². The summed E-state index contributed by atoms with van der Waals surface area (Å²) in [6, 6.07) is 4.05. The van der Waals surface area contributed by atoms with Crippen molar-refractivity contribution < 1.29 is 9.47 Å². The van der Waals surface area contributed by atoms with Gasteiger partial charge in [0.2, 0.25) is 0 Å². The Bertz CT molecular complexity index is 407.